The summed E-state index contributed by atoms with van der Waals surface area (Å²) in [5.74, 6) is -0.0986. The fourth-order valence-electron chi connectivity index (χ4n) is 0.944. The zero-order valence-electron chi connectivity index (χ0n) is 7.43. The Balaban J connectivity index is 3.37. The molecule has 0 saturated heterocycles. The van der Waals surface area contributed by atoms with Crippen molar-refractivity contribution in [3.63, 3.8) is 0 Å². The molecule has 1 aromatic heterocycles. The molecule has 0 spiro atoms. The normalized spacial score (nSPS) is 10.5. The van der Waals surface area contributed by atoms with Crippen LogP contribution in [0.4, 0.5) is 8.78 Å². The minimum absolute atomic E-state index is 0.0986. The topological polar surface area (TPSA) is 39.2 Å². The largest absolute Gasteiger partial charge is 0.495 e. The Morgan fingerprint density at radius 3 is 2.67 bits per heavy atom. The van der Waals surface area contributed by atoms with Gasteiger partial charge in [-0.25, -0.2) is 13.8 Å². The summed E-state index contributed by atoms with van der Waals surface area (Å²) in [7, 11) is 1.23. The van der Waals surface area contributed by atoms with Crippen LogP contribution in [-0.4, -0.2) is 17.3 Å². The van der Waals surface area contributed by atoms with Gasteiger partial charge in [0.2, 0.25) is 0 Å². The fraction of sp³-hybridized carbons (Fsp3) is 0.250. The predicted molar refractivity (Wildman–Crippen MR) is 53.6 cm³/mol. The quantitative estimate of drug-likeness (QED) is 0.805. The van der Waals surface area contributed by atoms with Crippen LogP contribution < -0.4 is 4.74 Å². The monoisotopic (exact) mass is 299 g/mol. The van der Waals surface area contributed by atoms with Crippen LogP contribution in [0.15, 0.2) is 10.5 Å². The van der Waals surface area contributed by atoms with E-state index in [9.17, 15) is 13.6 Å². The maximum Gasteiger partial charge on any atom is 0.284 e. The molecule has 0 N–H and O–H groups in total. The predicted octanol–water partition coefficient (Wildman–Crippen LogP) is 3.17. The van der Waals surface area contributed by atoms with Crippen molar-refractivity contribution in [2.45, 2.75) is 6.43 Å². The molecule has 1 aromatic rings. The van der Waals surface area contributed by atoms with Crippen molar-refractivity contribution in [3.05, 3.63) is 21.9 Å². The summed E-state index contributed by atoms with van der Waals surface area (Å²) in [6.07, 6.45) is -2.83. The number of nitrogens with zero attached hydrogens (tertiary/aromatic N) is 1. The van der Waals surface area contributed by atoms with E-state index >= 15 is 0 Å². The summed E-state index contributed by atoms with van der Waals surface area (Å²) in [5, 5.41) is -0.911. The molecule has 0 aromatic carbocycles. The third-order valence-electron chi connectivity index (χ3n) is 1.58. The average Bonchev–Trinajstić information content (AvgIpc) is 2.16. The molecule has 0 amide bonds. The van der Waals surface area contributed by atoms with Gasteiger partial charge in [-0.2, -0.15) is 0 Å². The number of pyridine rings is 1. The second-order valence-corrected chi connectivity index (χ2v) is 3.68. The minimum atomic E-state index is -2.83. The fourth-order valence-corrected chi connectivity index (χ4v) is 1.68. The molecule has 0 aliphatic heterocycles. The lowest BCUT2D eigenvalue weighted by molar-refractivity contribution is 0.107. The maximum atomic E-state index is 12.5. The number of methoxy groups -OCH3 is 1. The summed E-state index contributed by atoms with van der Waals surface area (Å²) >= 11 is 8.14. The molecule has 0 unspecified atom stereocenters. The van der Waals surface area contributed by atoms with E-state index in [-0.39, 0.29) is 15.9 Å². The van der Waals surface area contributed by atoms with Gasteiger partial charge in [0.15, 0.2) is 0 Å². The third-order valence-corrected chi connectivity index (χ3v) is 2.37. The van der Waals surface area contributed by atoms with Gasteiger partial charge in [0, 0.05) is 0 Å². The molecule has 0 aliphatic carbocycles. The van der Waals surface area contributed by atoms with Gasteiger partial charge in [0.25, 0.3) is 11.7 Å². The van der Waals surface area contributed by atoms with Gasteiger partial charge in [-0.1, -0.05) is 0 Å². The summed E-state index contributed by atoms with van der Waals surface area (Å²) in [5.41, 5.74) is -0.863. The molecule has 0 bridgehead atoms. The van der Waals surface area contributed by atoms with Gasteiger partial charge in [0.05, 0.1) is 11.6 Å². The summed E-state index contributed by atoms with van der Waals surface area (Å²) in [6.45, 7) is 0. The molecule has 15 heavy (non-hydrogen) atoms. The molecular weight excluding hydrogens is 295 g/mol. The van der Waals surface area contributed by atoms with Crippen LogP contribution in [0.1, 0.15) is 22.6 Å². The first kappa shape index (κ1) is 12.3. The third kappa shape index (κ3) is 2.63. The zero-order valence-corrected chi connectivity index (χ0v) is 9.77. The van der Waals surface area contributed by atoms with Crippen molar-refractivity contribution in [2.75, 3.05) is 7.11 Å². The van der Waals surface area contributed by atoms with E-state index in [0.717, 1.165) is 0 Å². The van der Waals surface area contributed by atoms with Gasteiger partial charge in [-0.05, 0) is 33.6 Å². The summed E-state index contributed by atoms with van der Waals surface area (Å²) in [6, 6.07) is 1.23. The highest BCUT2D eigenvalue weighted by Gasteiger charge is 2.21. The SMILES string of the molecule is COc1cc(Br)c(C(=O)Cl)nc1C(F)F. The molecule has 0 saturated carbocycles. The number of hydrogen-bond donors (Lipinski definition) is 0. The van der Waals surface area contributed by atoms with Crippen LogP contribution >= 0.6 is 27.5 Å². The van der Waals surface area contributed by atoms with E-state index in [4.69, 9.17) is 16.3 Å². The van der Waals surface area contributed by atoms with E-state index in [2.05, 4.69) is 20.9 Å². The Morgan fingerprint density at radius 2 is 2.27 bits per heavy atom. The van der Waals surface area contributed by atoms with Crippen molar-refractivity contribution in [1.29, 1.82) is 0 Å². The first-order chi connectivity index (χ1) is 6.97. The van der Waals surface area contributed by atoms with Crippen molar-refractivity contribution >= 4 is 32.8 Å². The van der Waals surface area contributed by atoms with Crippen LogP contribution in [0.2, 0.25) is 0 Å². The number of halogens is 4. The minimum Gasteiger partial charge on any atom is -0.495 e. The molecule has 0 aliphatic rings. The van der Waals surface area contributed by atoms with Crippen LogP contribution in [-0.2, 0) is 0 Å². The molecule has 0 radical (unpaired) electrons. The zero-order chi connectivity index (χ0) is 11.6. The van der Waals surface area contributed by atoms with Crippen molar-refractivity contribution in [2.24, 2.45) is 0 Å². The summed E-state index contributed by atoms with van der Waals surface area (Å²) < 4.78 is 29.9. The Hall–Kier alpha value is -0.750. The van der Waals surface area contributed by atoms with E-state index in [0.29, 0.717) is 0 Å². The van der Waals surface area contributed by atoms with E-state index < -0.39 is 17.4 Å². The Bertz CT molecular complexity index is 400. The first-order valence-electron chi connectivity index (χ1n) is 3.69. The van der Waals surface area contributed by atoms with Gasteiger partial charge in [-0.3, -0.25) is 4.79 Å². The van der Waals surface area contributed by atoms with Crippen molar-refractivity contribution < 1.29 is 18.3 Å². The molecule has 0 fully saturated rings. The van der Waals surface area contributed by atoms with E-state index in [1.807, 2.05) is 0 Å². The van der Waals surface area contributed by atoms with E-state index in [1.165, 1.54) is 13.2 Å². The standard InChI is InChI=1S/C8H5BrClF2NO2/c1-15-4-2-3(9)5(7(10)14)13-6(4)8(11)12/h2,8H,1H3. The molecule has 0 atom stereocenters. The number of carbonyl (C=O) groups is 1. The lowest BCUT2D eigenvalue weighted by Crippen LogP contribution is -2.03. The molecule has 3 nitrogen and oxygen atoms in total. The average molecular weight is 300 g/mol. The number of rotatable bonds is 3. The van der Waals surface area contributed by atoms with Gasteiger partial charge >= 0.3 is 0 Å². The first-order valence-corrected chi connectivity index (χ1v) is 4.87. The number of aromatic nitrogens is 1. The second-order valence-electron chi connectivity index (χ2n) is 2.48. The van der Waals surface area contributed by atoms with Gasteiger partial charge in [0.1, 0.15) is 17.1 Å². The van der Waals surface area contributed by atoms with Crippen molar-refractivity contribution in [3.8, 4) is 5.75 Å². The summed E-state index contributed by atoms with van der Waals surface area (Å²) in [4.78, 5) is 14.3. The number of ether oxygens (including phenoxy) is 1. The second kappa shape index (κ2) is 4.85. The molecular formula is C8H5BrClF2NO2. The highest BCUT2D eigenvalue weighted by Crippen LogP contribution is 2.31. The highest BCUT2D eigenvalue weighted by molar-refractivity contribution is 9.10. The van der Waals surface area contributed by atoms with E-state index in [1.54, 1.807) is 0 Å². The Morgan fingerprint density at radius 1 is 1.67 bits per heavy atom. The number of hydrogen-bond acceptors (Lipinski definition) is 3. The van der Waals surface area contributed by atoms with Crippen LogP contribution in [0.25, 0.3) is 0 Å². The molecule has 1 heterocycles. The molecule has 82 valence electrons. The van der Waals surface area contributed by atoms with Crippen LogP contribution in [0.5, 0.6) is 5.75 Å². The smallest absolute Gasteiger partial charge is 0.284 e. The van der Waals surface area contributed by atoms with Crippen LogP contribution in [0.3, 0.4) is 0 Å². The molecule has 1 rings (SSSR count). The Kier molecular flexibility index (Phi) is 3.98. The number of alkyl halides is 2. The van der Waals surface area contributed by atoms with Gasteiger partial charge < -0.3 is 4.74 Å². The van der Waals surface area contributed by atoms with Crippen molar-refractivity contribution in [1.82, 2.24) is 4.98 Å². The molecule has 7 heteroatoms. The Labute approximate surface area is 97.5 Å². The van der Waals surface area contributed by atoms with Gasteiger partial charge in [-0.15, -0.1) is 0 Å². The number of carbonyl (C=O) groups excluding carboxylic acids is 1. The lowest BCUT2D eigenvalue weighted by atomic mass is 10.3. The lowest BCUT2D eigenvalue weighted by Gasteiger charge is -2.08. The van der Waals surface area contributed by atoms with Crippen LogP contribution in [0, 0.1) is 0 Å². The highest BCUT2D eigenvalue weighted by atomic mass is 79.9. The maximum absolute atomic E-state index is 12.5.